The maximum absolute atomic E-state index is 12.7. The van der Waals surface area contributed by atoms with Crippen molar-refractivity contribution in [3.05, 3.63) is 23.8 Å². The Morgan fingerprint density at radius 1 is 1.28 bits per heavy atom. The first-order valence-electron chi connectivity index (χ1n) is 9.18. The first-order valence-corrected chi connectivity index (χ1v) is 9.18. The van der Waals surface area contributed by atoms with E-state index in [1.165, 1.54) is 0 Å². The van der Waals surface area contributed by atoms with Crippen LogP contribution in [0.1, 0.15) is 31.5 Å². The molecule has 0 radical (unpaired) electrons. The van der Waals surface area contributed by atoms with Gasteiger partial charge in [0.25, 0.3) is 0 Å². The van der Waals surface area contributed by atoms with Crippen LogP contribution in [0, 0.1) is 6.92 Å². The third-order valence-electron chi connectivity index (χ3n) is 5.02. The maximum atomic E-state index is 12.7. The van der Waals surface area contributed by atoms with E-state index in [4.69, 9.17) is 4.74 Å². The van der Waals surface area contributed by atoms with Gasteiger partial charge in [0.05, 0.1) is 19.7 Å². The molecule has 0 bridgehead atoms. The topological polar surface area (TPSA) is 61.8 Å². The summed E-state index contributed by atoms with van der Waals surface area (Å²) in [5, 5.41) is 0. The van der Waals surface area contributed by atoms with Crippen molar-refractivity contribution in [2.24, 2.45) is 0 Å². The van der Waals surface area contributed by atoms with E-state index in [0.717, 1.165) is 31.9 Å². The van der Waals surface area contributed by atoms with E-state index < -0.39 is 0 Å². The van der Waals surface area contributed by atoms with Gasteiger partial charge in [-0.1, -0.05) is 0 Å². The maximum Gasteiger partial charge on any atom is 0.236 e. The molecule has 2 aliphatic heterocycles. The predicted octanol–water partition coefficient (Wildman–Crippen LogP) is 0.711. The molecule has 2 saturated heterocycles. The molecule has 1 atom stereocenters. The lowest BCUT2D eigenvalue weighted by molar-refractivity contribution is -0.141. The second-order valence-corrected chi connectivity index (χ2v) is 7.16. The lowest BCUT2D eigenvalue weighted by Crippen LogP contribution is -2.53. The molecule has 138 valence electrons. The van der Waals surface area contributed by atoms with Gasteiger partial charge in [-0.05, 0) is 26.8 Å². The SMILES string of the molecule is Cc1ccnc([C@@H]2CN(C(=O)CN3CCN(C(C)C)CC3)CCO2)n1. The standard InChI is InChI=1S/C18H29N5O2/c1-14(2)22-8-6-21(7-9-22)13-17(24)23-10-11-25-16(12-23)18-19-5-4-15(3)20-18/h4-5,14,16H,6-13H2,1-3H3/t16-/m0/s1. The number of nitrogens with zero attached hydrogens (tertiary/aromatic N) is 5. The summed E-state index contributed by atoms with van der Waals surface area (Å²) >= 11 is 0. The summed E-state index contributed by atoms with van der Waals surface area (Å²) in [6, 6.07) is 2.44. The number of ether oxygens (including phenoxy) is 1. The number of carbonyl (C=O) groups is 1. The Labute approximate surface area is 150 Å². The Bertz CT molecular complexity index is 587. The molecule has 2 aliphatic rings. The minimum atomic E-state index is -0.226. The van der Waals surface area contributed by atoms with Crippen molar-refractivity contribution in [1.29, 1.82) is 0 Å². The average Bonchev–Trinajstić information content (AvgIpc) is 2.62. The van der Waals surface area contributed by atoms with Crippen LogP contribution in [-0.2, 0) is 9.53 Å². The van der Waals surface area contributed by atoms with Crippen molar-refractivity contribution in [2.45, 2.75) is 32.9 Å². The molecule has 3 heterocycles. The molecule has 3 rings (SSSR count). The number of piperazine rings is 1. The van der Waals surface area contributed by atoms with Crippen molar-refractivity contribution >= 4 is 5.91 Å². The summed E-state index contributed by atoms with van der Waals surface area (Å²) in [5.74, 6) is 0.849. The fourth-order valence-corrected chi connectivity index (χ4v) is 3.38. The molecule has 0 aliphatic carbocycles. The Balaban J connectivity index is 1.52. The third-order valence-corrected chi connectivity index (χ3v) is 5.02. The normalized spacial score (nSPS) is 23.2. The van der Waals surface area contributed by atoms with Gasteiger partial charge in [0, 0.05) is 50.7 Å². The molecule has 0 N–H and O–H groups in total. The quantitative estimate of drug-likeness (QED) is 0.799. The van der Waals surface area contributed by atoms with Gasteiger partial charge in [-0.25, -0.2) is 9.97 Å². The molecule has 1 amide bonds. The van der Waals surface area contributed by atoms with Crippen molar-refractivity contribution in [3.63, 3.8) is 0 Å². The first-order chi connectivity index (χ1) is 12.0. The van der Waals surface area contributed by atoms with Gasteiger partial charge in [-0.2, -0.15) is 0 Å². The lowest BCUT2D eigenvalue weighted by atomic mass is 10.2. The zero-order chi connectivity index (χ0) is 17.8. The zero-order valence-electron chi connectivity index (χ0n) is 15.5. The van der Waals surface area contributed by atoms with Gasteiger partial charge in [0.1, 0.15) is 6.10 Å². The number of aryl methyl sites for hydroxylation is 1. The van der Waals surface area contributed by atoms with E-state index in [9.17, 15) is 4.79 Å². The number of hydrogen-bond acceptors (Lipinski definition) is 6. The molecular formula is C18H29N5O2. The van der Waals surface area contributed by atoms with E-state index in [1.807, 2.05) is 17.9 Å². The van der Waals surface area contributed by atoms with E-state index in [-0.39, 0.29) is 12.0 Å². The largest absolute Gasteiger partial charge is 0.367 e. The third kappa shape index (κ3) is 4.74. The van der Waals surface area contributed by atoms with Crippen LogP contribution >= 0.6 is 0 Å². The Kier molecular flexibility index (Phi) is 5.98. The minimum Gasteiger partial charge on any atom is -0.367 e. The Hall–Kier alpha value is -1.57. The highest BCUT2D eigenvalue weighted by Gasteiger charge is 2.29. The van der Waals surface area contributed by atoms with E-state index >= 15 is 0 Å². The number of aromatic nitrogens is 2. The van der Waals surface area contributed by atoms with E-state index in [0.29, 0.717) is 38.1 Å². The molecule has 0 spiro atoms. The average molecular weight is 347 g/mol. The van der Waals surface area contributed by atoms with Crippen LogP contribution in [0.25, 0.3) is 0 Å². The summed E-state index contributed by atoms with van der Waals surface area (Å²) in [6.45, 7) is 12.6. The molecule has 0 saturated carbocycles. The van der Waals surface area contributed by atoms with Crippen molar-refractivity contribution in [1.82, 2.24) is 24.7 Å². The van der Waals surface area contributed by atoms with Crippen LogP contribution in [-0.4, -0.2) is 89.0 Å². The number of rotatable bonds is 4. The van der Waals surface area contributed by atoms with Crippen LogP contribution in [0.5, 0.6) is 0 Å². The van der Waals surface area contributed by atoms with Crippen molar-refractivity contribution in [3.8, 4) is 0 Å². The predicted molar refractivity (Wildman–Crippen MR) is 95.2 cm³/mol. The van der Waals surface area contributed by atoms with Gasteiger partial charge >= 0.3 is 0 Å². The van der Waals surface area contributed by atoms with Crippen molar-refractivity contribution < 1.29 is 9.53 Å². The fourth-order valence-electron chi connectivity index (χ4n) is 3.38. The molecule has 0 aromatic carbocycles. The zero-order valence-corrected chi connectivity index (χ0v) is 15.5. The molecule has 2 fully saturated rings. The highest BCUT2D eigenvalue weighted by atomic mass is 16.5. The molecular weight excluding hydrogens is 318 g/mol. The van der Waals surface area contributed by atoms with Crippen LogP contribution in [0.2, 0.25) is 0 Å². The van der Waals surface area contributed by atoms with Gasteiger partial charge < -0.3 is 9.64 Å². The van der Waals surface area contributed by atoms with Gasteiger partial charge in [-0.3, -0.25) is 14.6 Å². The number of morpholine rings is 1. The Morgan fingerprint density at radius 2 is 2.04 bits per heavy atom. The van der Waals surface area contributed by atoms with Gasteiger partial charge in [0.2, 0.25) is 5.91 Å². The fraction of sp³-hybridized carbons (Fsp3) is 0.722. The first kappa shape index (κ1) is 18.2. The summed E-state index contributed by atoms with van der Waals surface area (Å²) in [7, 11) is 0. The summed E-state index contributed by atoms with van der Waals surface area (Å²) in [6.07, 6.45) is 1.52. The highest BCUT2D eigenvalue weighted by Crippen LogP contribution is 2.19. The summed E-state index contributed by atoms with van der Waals surface area (Å²) in [4.78, 5) is 28.1. The lowest BCUT2D eigenvalue weighted by Gasteiger charge is -2.38. The second kappa shape index (κ2) is 8.21. The molecule has 1 aromatic rings. The van der Waals surface area contributed by atoms with Gasteiger partial charge in [0.15, 0.2) is 5.82 Å². The van der Waals surface area contributed by atoms with Crippen molar-refractivity contribution in [2.75, 3.05) is 52.4 Å². The summed E-state index contributed by atoms with van der Waals surface area (Å²) < 4.78 is 5.79. The molecule has 7 heteroatoms. The van der Waals surface area contributed by atoms with E-state index in [2.05, 4.69) is 33.6 Å². The second-order valence-electron chi connectivity index (χ2n) is 7.16. The van der Waals surface area contributed by atoms with Crippen LogP contribution < -0.4 is 0 Å². The molecule has 0 unspecified atom stereocenters. The van der Waals surface area contributed by atoms with Crippen LogP contribution in [0.15, 0.2) is 12.3 Å². The number of carbonyl (C=O) groups excluding carboxylic acids is 1. The van der Waals surface area contributed by atoms with E-state index in [1.54, 1.807) is 6.20 Å². The monoisotopic (exact) mass is 347 g/mol. The van der Waals surface area contributed by atoms with Crippen LogP contribution in [0.3, 0.4) is 0 Å². The number of amides is 1. The smallest absolute Gasteiger partial charge is 0.236 e. The Morgan fingerprint density at radius 3 is 2.72 bits per heavy atom. The number of hydrogen-bond donors (Lipinski definition) is 0. The minimum absolute atomic E-state index is 0.180. The molecule has 7 nitrogen and oxygen atoms in total. The van der Waals surface area contributed by atoms with Gasteiger partial charge in [-0.15, -0.1) is 0 Å². The molecule has 25 heavy (non-hydrogen) atoms. The summed E-state index contributed by atoms with van der Waals surface area (Å²) in [5.41, 5.74) is 0.917. The van der Waals surface area contributed by atoms with Crippen LogP contribution in [0.4, 0.5) is 0 Å². The highest BCUT2D eigenvalue weighted by molar-refractivity contribution is 5.78. The molecule has 1 aromatic heterocycles.